The van der Waals surface area contributed by atoms with Gasteiger partial charge in [-0.2, -0.15) is 0 Å². The Labute approximate surface area is 121 Å². The number of rotatable bonds is 3. The summed E-state index contributed by atoms with van der Waals surface area (Å²) in [4.78, 5) is 23.3. The maximum absolute atomic E-state index is 12.3. The van der Waals surface area contributed by atoms with E-state index < -0.39 is 5.97 Å². The SMILES string of the molecule is Cc1c(C(=O)N[C@@H]2CC[C@H](C(=O)O)C2)oc2ccccc12. The zero-order valence-electron chi connectivity index (χ0n) is 11.8. The summed E-state index contributed by atoms with van der Waals surface area (Å²) in [6, 6.07) is 7.42. The van der Waals surface area contributed by atoms with Crippen molar-refractivity contribution in [3.8, 4) is 0 Å². The highest BCUT2D eigenvalue weighted by atomic mass is 16.4. The molecule has 1 aromatic heterocycles. The van der Waals surface area contributed by atoms with Crippen LogP contribution in [0.5, 0.6) is 0 Å². The van der Waals surface area contributed by atoms with Crippen LogP contribution < -0.4 is 5.32 Å². The van der Waals surface area contributed by atoms with E-state index in [1.807, 2.05) is 31.2 Å². The molecule has 2 N–H and O–H groups in total. The summed E-state index contributed by atoms with van der Waals surface area (Å²) in [7, 11) is 0. The Morgan fingerprint density at radius 3 is 2.71 bits per heavy atom. The quantitative estimate of drug-likeness (QED) is 0.909. The summed E-state index contributed by atoms with van der Waals surface area (Å²) in [5.41, 5.74) is 1.51. The van der Waals surface area contributed by atoms with Gasteiger partial charge in [0.1, 0.15) is 5.58 Å². The van der Waals surface area contributed by atoms with E-state index >= 15 is 0 Å². The van der Waals surface area contributed by atoms with E-state index in [-0.39, 0.29) is 17.9 Å². The number of amides is 1. The lowest BCUT2D eigenvalue weighted by molar-refractivity contribution is -0.141. The summed E-state index contributed by atoms with van der Waals surface area (Å²) >= 11 is 0. The number of hydrogen-bond donors (Lipinski definition) is 2. The van der Waals surface area contributed by atoms with Crippen LogP contribution in [-0.4, -0.2) is 23.0 Å². The minimum absolute atomic E-state index is 0.0915. The molecule has 1 aliphatic carbocycles. The van der Waals surface area contributed by atoms with E-state index in [1.165, 1.54) is 0 Å². The van der Waals surface area contributed by atoms with E-state index in [4.69, 9.17) is 9.52 Å². The lowest BCUT2D eigenvalue weighted by Crippen LogP contribution is -2.33. The van der Waals surface area contributed by atoms with Gasteiger partial charge < -0.3 is 14.8 Å². The molecule has 5 heteroatoms. The Morgan fingerprint density at radius 1 is 1.29 bits per heavy atom. The highest BCUT2D eigenvalue weighted by Crippen LogP contribution is 2.28. The van der Waals surface area contributed by atoms with Gasteiger partial charge in [0.15, 0.2) is 5.76 Å². The number of carbonyl (C=O) groups is 2. The number of benzene rings is 1. The first-order chi connectivity index (χ1) is 10.1. The molecule has 110 valence electrons. The van der Waals surface area contributed by atoms with Crippen LogP contribution in [0.3, 0.4) is 0 Å². The summed E-state index contributed by atoms with van der Waals surface area (Å²) in [5.74, 6) is -1.09. The van der Waals surface area contributed by atoms with Crippen molar-refractivity contribution in [2.45, 2.75) is 32.2 Å². The van der Waals surface area contributed by atoms with Gasteiger partial charge in [-0.25, -0.2) is 0 Å². The molecule has 0 bridgehead atoms. The Morgan fingerprint density at radius 2 is 2.05 bits per heavy atom. The second kappa shape index (κ2) is 5.24. The number of aliphatic carboxylic acids is 1. The molecule has 1 fully saturated rings. The number of furan rings is 1. The normalized spacial score (nSPS) is 21.6. The van der Waals surface area contributed by atoms with E-state index in [9.17, 15) is 9.59 Å². The number of fused-ring (bicyclic) bond motifs is 1. The van der Waals surface area contributed by atoms with Crippen LogP contribution in [-0.2, 0) is 4.79 Å². The number of aryl methyl sites for hydroxylation is 1. The molecule has 21 heavy (non-hydrogen) atoms. The predicted octanol–water partition coefficient (Wildman–Crippen LogP) is 2.72. The molecule has 0 unspecified atom stereocenters. The molecule has 1 heterocycles. The number of nitrogens with one attached hydrogen (secondary N) is 1. The molecular weight excluding hydrogens is 270 g/mol. The lowest BCUT2D eigenvalue weighted by Gasteiger charge is -2.11. The van der Waals surface area contributed by atoms with E-state index in [0.29, 0.717) is 30.6 Å². The van der Waals surface area contributed by atoms with Crippen LogP contribution in [0.25, 0.3) is 11.0 Å². The molecule has 0 saturated heterocycles. The first-order valence-electron chi connectivity index (χ1n) is 7.08. The molecule has 0 spiro atoms. The summed E-state index contributed by atoms with van der Waals surface area (Å²) in [5, 5.41) is 12.8. The molecule has 2 aromatic rings. The van der Waals surface area contributed by atoms with Crippen LogP contribution >= 0.6 is 0 Å². The summed E-state index contributed by atoms with van der Waals surface area (Å²) in [6.07, 6.45) is 1.79. The van der Waals surface area contributed by atoms with Crippen molar-refractivity contribution >= 4 is 22.8 Å². The Balaban J connectivity index is 1.76. The van der Waals surface area contributed by atoms with Gasteiger partial charge in [-0.05, 0) is 32.3 Å². The molecule has 1 saturated carbocycles. The van der Waals surface area contributed by atoms with Gasteiger partial charge in [0.2, 0.25) is 0 Å². The molecule has 2 atom stereocenters. The second-order valence-electron chi connectivity index (χ2n) is 5.57. The van der Waals surface area contributed by atoms with Gasteiger partial charge in [0.25, 0.3) is 5.91 Å². The third-order valence-electron chi connectivity index (χ3n) is 4.17. The number of hydrogen-bond acceptors (Lipinski definition) is 3. The van der Waals surface area contributed by atoms with Gasteiger partial charge in [0, 0.05) is 17.0 Å². The molecule has 1 aromatic carbocycles. The molecule has 3 rings (SSSR count). The molecule has 1 amide bonds. The smallest absolute Gasteiger partial charge is 0.306 e. The molecule has 1 aliphatic rings. The Hall–Kier alpha value is -2.30. The highest BCUT2D eigenvalue weighted by molar-refractivity contribution is 5.99. The number of carboxylic acid groups (broad SMARTS) is 1. The van der Waals surface area contributed by atoms with Crippen molar-refractivity contribution in [3.05, 3.63) is 35.6 Å². The number of para-hydroxylation sites is 1. The van der Waals surface area contributed by atoms with Crippen molar-refractivity contribution in [1.82, 2.24) is 5.32 Å². The minimum Gasteiger partial charge on any atom is -0.481 e. The predicted molar refractivity (Wildman–Crippen MR) is 77.2 cm³/mol. The zero-order valence-corrected chi connectivity index (χ0v) is 11.8. The lowest BCUT2D eigenvalue weighted by atomic mass is 10.1. The largest absolute Gasteiger partial charge is 0.481 e. The van der Waals surface area contributed by atoms with Crippen molar-refractivity contribution < 1.29 is 19.1 Å². The van der Waals surface area contributed by atoms with Crippen molar-refractivity contribution in [2.75, 3.05) is 0 Å². The third-order valence-corrected chi connectivity index (χ3v) is 4.17. The molecule has 0 radical (unpaired) electrons. The maximum atomic E-state index is 12.3. The first-order valence-corrected chi connectivity index (χ1v) is 7.08. The molecular formula is C16H17NO4. The average molecular weight is 287 g/mol. The van der Waals surface area contributed by atoms with E-state index in [2.05, 4.69) is 5.32 Å². The van der Waals surface area contributed by atoms with Crippen LogP contribution in [0.1, 0.15) is 35.4 Å². The highest BCUT2D eigenvalue weighted by Gasteiger charge is 2.31. The van der Waals surface area contributed by atoms with E-state index in [1.54, 1.807) is 0 Å². The fourth-order valence-corrected chi connectivity index (χ4v) is 2.98. The summed E-state index contributed by atoms with van der Waals surface area (Å²) in [6.45, 7) is 1.86. The van der Waals surface area contributed by atoms with Crippen molar-refractivity contribution in [2.24, 2.45) is 5.92 Å². The maximum Gasteiger partial charge on any atom is 0.306 e. The van der Waals surface area contributed by atoms with Gasteiger partial charge in [-0.1, -0.05) is 18.2 Å². The molecule has 5 nitrogen and oxygen atoms in total. The minimum atomic E-state index is -0.785. The van der Waals surface area contributed by atoms with Gasteiger partial charge in [-0.3, -0.25) is 9.59 Å². The Kier molecular flexibility index (Phi) is 3.41. The Bertz CT molecular complexity index is 703. The summed E-state index contributed by atoms with van der Waals surface area (Å²) < 4.78 is 5.62. The van der Waals surface area contributed by atoms with Crippen molar-refractivity contribution in [1.29, 1.82) is 0 Å². The average Bonchev–Trinajstić information content (AvgIpc) is 3.05. The third kappa shape index (κ3) is 2.51. The monoisotopic (exact) mass is 287 g/mol. The number of carbonyl (C=O) groups excluding carboxylic acids is 1. The topological polar surface area (TPSA) is 79.5 Å². The van der Waals surface area contributed by atoms with Crippen LogP contribution in [0.2, 0.25) is 0 Å². The van der Waals surface area contributed by atoms with Crippen LogP contribution in [0.15, 0.2) is 28.7 Å². The molecule has 0 aliphatic heterocycles. The van der Waals surface area contributed by atoms with Gasteiger partial charge in [0.05, 0.1) is 5.92 Å². The second-order valence-corrected chi connectivity index (χ2v) is 5.57. The number of carboxylic acids is 1. The van der Waals surface area contributed by atoms with E-state index in [0.717, 1.165) is 10.9 Å². The van der Waals surface area contributed by atoms with Gasteiger partial charge in [-0.15, -0.1) is 0 Å². The van der Waals surface area contributed by atoms with Crippen LogP contribution in [0, 0.1) is 12.8 Å². The zero-order chi connectivity index (χ0) is 15.0. The fraction of sp³-hybridized carbons (Fsp3) is 0.375. The fourth-order valence-electron chi connectivity index (χ4n) is 2.98. The van der Waals surface area contributed by atoms with Gasteiger partial charge >= 0.3 is 5.97 Å². The van der Waals surface area contributed by atoms with Crippen molar-refractivity contribution in [3.63, 3.8) is 0 Å². The van der Waals surface area contributed by atoms with Crippen LogP contribution in [0.4, 0.5) is 0 Å². The first kappa shape index (κ1) is 13.7. The standard InChI is InChI=1S/C16H17NO4/c1-9-12-4-2-3-5-13(12)21-14(9)15(18)17-11-7-6-10(8-11)16(19)20/h2-5,10-11H,6-8H2,1H3,(H,17,18)(H,19,20)/t10-,11+/m0/s1.